The monoisotopic (exact) mass is 263 g/mol. The summed E-state index contributed by atoms with van der Waals surface area (Å²) >= 11 is 0. The smallest absolute Gasteiger partial charge is 0.338 e. The minimum absolute atomic E-state index is 0.113. The molecule has 0 fully saturated rings. The maximum atomic E-state index is 13.1. The number of ether oxygens (including phenoxy) is 1. The Morgan fingerprint density at radius 3 is 2.89 bits per heavy atom. The van der Waals surface area contributed by atoms with E-state index >= 15 is 0 Å². The molecule has 0 unspecified atom stereocenters. The van der Waals surface area contributed by atoms with Crippen LogP contribution < -0.4 is 5.73 Å². The lowest BCUT2D eigenvalue weighted by Gasteiger charge is -2.06. The molecular weight excluding hydrogens is 249 g/mol. The Bertz CT molecular complexity index is 575. The van der Waals surface area contributed by atoms with Gasteiger partial charge in [-0.05, 0) is 24.3 Å². The molecule has 6 heteroatoms. The van der Waals surface area contributed by atoms with Gasteiger partial charge in [-0.25, -0.2) is 9.18 Å². The molecule has 1 aromatic heterocycles. The highest BCUT2D eigenvalue weighted by molar-refractivity contribution is 5.90. The molecule has 0 aliphatic heterocycles. The van der Waals surface area contributed by atoms with E-state index in [9.17, 15) is 9.18 Å². The van der Waals surface area contributed by atoms with E-state index in [0.29, 0.717) is 6.42 Å². The molecule has 0 spiro atoms. The van der Waals surface area contributed by atoms with Crippen molar-refractivity contribution in [3.63, 3.8) is 0 Å². The van der Waals surface area contributed by atoms with E-state index < -0.39 is 11.8 Å². The maximum absolute atomic E-state index is 13.1. The Morgan fingerprint density at radius 1 is 1.47 bits per heavy atom. The lowest BCUT2D eigenvalue weighted by atomic mass is 10.2. The summed E-state index contributed by atoms with van der Waals surface area (Å²) in [6.45, 7) is 0.203. The summed E-state index contributed by atoms with van der Waals surface area (Å²) in [5.74, 6) is -1.15. The predicted octanol–water partition coefficient (Wildman–Crippen LogP) is 1.54. The van der Waals surface area contributed by atoms with Gasteiger partial charge in [-0.1, -0.05) is 0 Å². The molecule has 1 heterocycles. The molecule has 0 saturated carbocycles. The standard InChI is InChI=1S/C13H14FN3O2/c1-17-12(2-4-16-17)3-5-19-13(18)9-6-10(14)8-11(15)7-9/h2,4,6-8H,3,5,15H2,1H3. The van der Waals surface area contributed by atoms with Gasteiger partial charge in [0.15, 0.2) is 0 Å². The van der Waals surface area contributed by atoms with Crippen molar-refractivity contribution in [2.75, 3.05) is 12.3 Å². The van der Waals surface area contributed by atoms with Crippen LogP contribution in [0.1, 0.15) is 16.1 Å². The lowest BCUT2D eigenvalue weighted by molar-refractivity contribution is 0.0507. The van der Waals surface area contributed by atoms with Gasteiger partial charge >= 0.3 is 5.97 Å². The first kappa shape index (κ1) is 13.1. The van der Waals surface area contributed by atoms with Gasteiger partial charge in [0.1, 0.15) is 5.82 Å². The average molecular weight is 263 g/mol. The molecule has 0 amide bonds. The number of anilines is 1. The molecule has 1 aromatic carbocycles. The van der Waals surface area contributed by atoms with E-state index in [0.717, 1.165) is 17.8 Å². The number of aromatic nitrogens is 2. The number of benzene rings is 1. The van der Waals surface area contributed by atoms with Crippen molar-refractivity contribution >= 4 is 11.7 Å². The largest absolute Gasteiger partial charge is 0.462 e. The predicted molar refractivity (Wildman–Crippen MR) is 68.0 cm³/mol. The van der Waals surface area contributed by atoms with Crippen LogP contribution in [-0.4, -0.2) is 22.4 Å². The second-order valence-electron chi connectivity index (χ2n) is 4.11. The van der Waals surface area contributed by atoms with Crippen molar-refractivity contribution in [3.05, 3.63) is 47.5 Å². The minimum Gasteiger partial charge on any atom is -0.462 e. The first-order valence-electron chi connectivity index (χ1n) is 5.76. The Balaban J connectivity index is 1.92. The third kappa shape index (κ3) is 3.31. The molecule has 5 nitrogen and oxygen atoms in total. The summed E-state index contributed by atoms with van der Waals surface area (Å²) in [6, 6.07) is 5.47. The number of carbonyl (C=O) groups excluding carboxylic acids is 1. The summed E-state index contributed by atoms with van der Waals surface area (Å²) in [5, 5.41) is 4.01. The number of nitrogens with two attached hydrogens (primary N) is 1. The summed E-state index contributed by atoms with van der Waals surface area (Å²) in [5.41, 5.74) is 6.72. The number of carbonyl (C=O) groups is 1. The number of nitrogen functional groups attached to an aromatic ring is 1. The highest BCUT2D eigenvalue weighted by Gasteiger charge is 2.10. The quantitative estimate of drug-likeness (QED) is 0.671. The van der Waals surface area contributed by atoms with Crippen molar-refractivity contribution in [1.82, 2.24) is 9.78 Å². The zero-order valence-electron chi connectivity index (χ0n) is 10.5. The fourth-order valence-corrected chi connectivity index (χ4v) is 1.71. The number of hydrogen-bond donors (Lipinski definition) is 1. The van der Waals surface area contributed by atoms with Crippen molar-refractivity contribution in [2.45, 2.75) is 6.42 Å². The van der Waals surface area contributed by atoms with E-state index in [2.05, 4.69) is 5.10 Å². The number of halogens is 1. The summed E-state index contributed by atoms with van der Waals surface area (Å²) in [4.78, 5) is 11.7. The van der Waals surface area contributed by atoms with Gasteiger partial charge in [-0.3, -0.25) is 4.68 Å². The van der Waals surface area contributed by atoms with E-state index in [-0.39, 0.29) is 17.9 Å². The number of nitrogens with zero attached hydrogens (tertiary/aromatic N) is 2. The van der Waals surface area contributed by atoms with E-state index in [1.807, 2.05) is 13.1 Å². The van der Waals surface area contributed by atoms with Crippen LogP contribution in [0, 0.1) is 5.82 Å². The van der Waals surface area contributed by atoms with Crippen LogP contribution in [-0.2, 0) is 18.2 Å². The molecule has 2 aromatic rings. The van der Waals surface area contributed by atoms with E-state index in [4.69, 9.17) is 10.5 Å². The first-order chi connectivity index (χ1) is 9.06. The fraction of sp³-hybridized carbons (Fsp3) is 0.231. The summed E-state index contributed by atoms with van der Waals surface area (Å²) < 4.78 is 19.9. The highest BCUT2D eigenvalue weighted by atomic mass is 19.1. The van der Waals surface area contributed by atoms with Crippen LogP contribution in [0.4, 0.5) is 10.1 Å². The normalized spacial score (nSPS) is 10.4. The van der Waals surface area contributed by atoms with Crippen LogP contribution >= 0.6 is 0 Å². The minimum atomic E-state index is -0.589. The first-order valence-corrected chi connectivity index (χ1v) is 5.76. The van der Waals surface area contributed by atoms with Crippen LogP contribution in [0.2, 0.25) is 0 Å². The van der Waals surface area contributed by atoms with Crippen LogP contribution in [0.15, 0.2) is 30.5 Å². The summed E-state index contributed by atoms with van der Waals surface area (Å²) in [6.07, 6.45) is 2.22. The lowest BCUT2D eigenvalue weighted by Crippen LogP contribution is -2.10. The Hall–Kier alpha value is -2.37. The van der Waals surface area contributed by atoms with Gasteiger partial charge < -0.3 is 10.5 Å². The molecule has 0 aliphatic rings. The average Bonchev–Trinajstić information content (AvgIpc) is 2.74. The van der Waals surface area contributed by atoms with E-state index in [1.54, 1.807) is 10.9 Å². The van der Waals surface area contributed by atoms with Crippen molar-refractivity contribution in [3.8, 4) is 0 Å². The number of rotatable bonds is 4. The topological polar surface area (TPSA) is 70.1 Å². The maximum Gasteiger partial charge on any atom is 0.338 e. The van der Waals surface area contributed by atoms with E-state index in [1.165, 1.54) is 6.07 Å². The van der Waals surface area contributed by atoms with Crippen LogP contribution in [0.3, 0.4) is 0 Å². The zero-order valence-corrected chi connectivity index (χ0v) is 10.5. The second kappa shape index (κ2) is 5.51. The number of esters is 1. The molecular formula is C13H14FN3O2. The van der Waals surface area contributed by atoms with Crippen molar-refractivity contribution < 1.29 is 13.9 Å². The summed E-state index contributed by atoms with van der Waals surface area (Å²) in [7, 11) is 1.81. The fourth-order valence-electron chi connectivity index (χ4n) is 1.71. The second-order valence-corrected chi connectivity index (χ2v) is 4.11. The van der Waals surface area contributed by atoms with Gasteiger partial charge in [0.2, 0.25) is 0 Å². The molecule has 19 heavy (non-hydrogen) atoms. The van der Waals surface area contributed by atoms with Crippen molar-refractivity contribution in [1.29, 1.82) is 0 Å². The van der Waals surface area contributed by atoms with Gasteiger partial charge in [0, 0.05) is 31.0 Å². The third-order valence-electron chi connectivity index (χ3n) is 2.67. The zero-order chi connectivity index (χ0) is 13.8. The Morgan fingerprint density at radius 2 is 2.26 bits per heavy atom. The highest BCUT2D eigenvalue weighted by Crippen LogP contribution is 2.12. The molecule has 0 bridgehead atoms. The van der Waals surface area contributed by atoms with Gasteiger partial charge in [0.05, 0.1) is 12.2 Å². The number of aryl methyl sites for hydroxylation is 1. The molecule has 0 saturated heterocycles. The Kier molecular flexibility index (Phi) is 3.79. The van der Waals surface area contributed by atoms with Gasteiger partial charge in [0.25, 0.3) is 0 Å². The SMILES string of the molecule is Cn1nccc1CCOC(=O)c1cc(N)cc(F)c1. The Labute approximate surface area is 109 Å². The molecule has 2 N–H and O–H groups in total. The molecule has 0 radical (unpaired) electrons. The van der Waals surface area contributed by atoms with Crippen molar-refractivity contribution in [2.24, 2.45) is 7.05 Å². The molecule has 2 rings (SSSR count). The molecule has 0 aliphatic carbocycles. The molecule has 0 atom stereocenters. The molecule has 100 valence electrons. The number of hydrogen-bond acceptors (Lipinski definition) is 4. The van der Waals surface area contributed by atoms with Crippen LogP contribution in [0.5, 0.6) is 0 Å². The van der Waals surface area contributed by atoms with Gasteiger partial charge in [-0.15, -0.1) is 0 Å². The van der Waals surface area contributed by atoms with Gasteiger partial charge in [-0.2, -0.15) is 5.10 Å². The third-order valence-corrected chi connectivity index (χ3v) is 2.67. The van der Waals surface area contributed by atoms with Crippen LogP contribution in [0.25, 0.3) is 0 Å².